The van der Waals surface area contributed by atoms with Gasteiger partial charge in [0.05, 0.1) is 0 Å². The minimum atomic E-state index is -0.0424. The van der Waals surface area contributed by atoms with Crippen LogP contribution in [0.2, 0.25) is 0 Å². The minimum absolute atomic E-state index is 0.0299. The third-order valence-corrected chi connectivity index (χ3v) is 8.81. The summed E-state index contributed by atoms with van der Waals surface area (Å²) in [6, 6.07) is 8.01. The lowest BCUT2D eigenvalue weighted by Crippen LogP contribution is -2.31. The lowest BCUT2D eigenvalue weighted by Gasteiger charge is -2.27. The van der Waals surface area contributed by atoms with Crippen LogP contribution in [0.4, 0.5) is 0 Å². The van der Waals surface area contributed by atoms with Crippen LogP contribution in [0.5, 0.6) is 11.5 Å². The number of aromatic hydroxyl groups is 2. The average molecular weight is 633 g/mol. The molecule has 22 heavy (non-hydrogen) atoms. The van der Waals surface area contributed by atoms with Crippen LogP contribution in [0.15, 0.2) is 24.3 Å². The molecule has 0 amide bonds. The molecule has 0 saturated heterocycles. The van der Waals surface area contributed by atoms with E-state index in [1.54, 1.807) is 12.1 Å². The van der Waals surface area contributed by atoms with Crippen molar-refractivity contribution < 1.29 is 10.2 Å². The van der Waals surface area contributed by atoms with Crippen molar-refractivity contribution in [3.05, 3.63) is 51.7 Å². The van der Waals surface area contributed by atoms with Crippen molar-refractivity contribution in [2.45, 2.75) is 18.9 Å². The van der Waals surface area contributed by atoms with Crippen molar-refractivity contribution in [3.8, 4) is 11.5 Å². The summed E-state index contributed by atoms with van der Waals surface area (Å²) in [6.07, 6.45) is 1.75. The van der Waals surface area contributed by atoms with Crippen LogP contribution in [0.1, 0.15) is 22.7 Å². The Kier molecular flexibility index (Phi) is 5.40. The van der Waals surface area contributed by atoms with Crippen molar-refractivity contribution in [1.82, 2.24) is 5.32 Å². The highest BCUT2D eigenvalue weighted by Gasteiger charge is 2.22. The molecule has 0 unspecified atom stereocenters. The summed E-state index contributed by atoms with van der Waals surface area (Å²) >= 11 is 7.12. The number of hydrogen-bond donors (Lipinski definition) is 3. The zero-order valence-corrected chi connectivity index (χ0v) is 18.0. The number of phenols is 2. The molecular weight excluding hydrogens is 619 g/mol. The van der Waals surface area contributed by atoms with Crippen LogP contribution in [0.25, 0.3) is 0 Å². The molecule has 0 aliphatic carbocycles. The molecule has 1 aliphatic rings. The highest BCUT2D eigenvalue weighted by atomic mass is 127. The number of hydrogen-bond acceptors (Lipinski definition) is 3. The van der Waals surface area contributed by atoms with Crippen molar-refractivity contribution in [2.24, 2.45) is 0 Å². The zero-order chi connectivity index (χ0) is 15.9. The average Bonchev–Trinajstić information content (AvgIpc) is 2.47. The van der Waals surface area contributed by atoms with E-state index in [1.165, 1.54) is 16.3 Å². The van der Waals surface area contributed by atoms with Crippen LogP contribution in [0.3, 0.4) is 0 Å². The highest BCUT2D eigenvalue weighted by Crippen LogP contribution is 2.35. The number of benzene rings is 2. The van der Waals surface area contributed by atoms with Crippen molar-refractivity contribution in [1.29, 1.82) is 0 Å². The molecule has 1 aliphatic heterocycles. The van der Waals surface area contributed by atoms with E-state index in [9.17, 15) is 10.2 Å². The fourth-order valence-corrected chi connectivity index (χ4v) is 5.02. The molecule has 0 spiro atoms. The van der Waals surface area contributed by atoms with Crippen molar-refractivity contribution in [2.75, 3.05) is 6.54 Å². The fourth-order valence-electron chi connectivity index (χ4n) is 2.81. The first-order chi connectivity index (χ1) is 10.5. The quantitative estimate of drug-likeness (QED) is 0.263. The number of nitrogens with one attached hydrogen (secondary N) is 1. The number of halogens is 3. The van der Waals surface area contributed by atoms with Crippen LogP contribution in [0, 0.1) is 10.7 Å². The summed E-state index contributed by atoms with van der Waals surface area (Å²) in [5.74, 6) is -0.0722. The first-order valence-corrected chi connectivity index (χ1v) is 10.1. The molecule has 0 radical (unpaired) electrons. The summed E-state index contributed by atoms with van der Waals surface area (Å²) in [6.45, 7) is 0.889. The van der Waals surface area contributed by atoms with E-state index >= 15 is 0 Å². The molecular formula is C16H14I3NO2. The number of phenolic OH excluding ortho intramolecular Hbond substituents is 2. The van der Waals surface area contributed by atoms with Crippen LogP contribution in [-0.2, 0) is 12.8 Å². The van der Waals surface area contributed by atoms with Gasteiger partial charge in [0, 0.05) is 16.8 Å². The van der Waals surface area contributed by atoms with E-state index in [2.05, 4.69) is 85.2 Å². The van der Waals surface area contributed by atoms with E-state index in [1.807, 2.05) is 0 Å². The van der Waals surface area contributed by atoms with Gasteiger partial charge in [-0.2, -0.15) is 0 Å². The summed E-state index contributed by atoms with van der Waals surface area (Å²) < 4.78 is 3.83. The second-order valence-corrected chi connectivity index (χ2v) is 8.78. The van der Waals surface area contributed by atoms with E-state index in [4.69, 9.17) is 0 Å². The largest absolute Gasteiger partial charge is 0.504 e. The van der Waals surface area contributed by atoms with E-state index < -0.39 is 0 Å². The number of rotatable bonds is 2. The molecule has 116 valence electrons. The molecule has 2 aromatic rings. The molecule has 0 saturated carbocycles. The van der Waals surface area contributed by atoms with Crippen LogP contribution < -0.4 is 5.32 Å². The Hall–Kier alpha value is 0.190. The van der Waals surface area contributed by atoms with Gasteiger partial charge in [0.1, 0.15) is 0 Å². The number of fused-ring (bicyclic) bond motifs is 1. The Morgan fingerprint density at radius 1 is 1.00 bits per heavy atom. The van der Waals surface area contributed by atoms with Gasteiger partial charge in [-0.25, -0.2) is 0 Å². The summed E-state index contributed by atoms with van der Waals surface area (Å²) in [7, 11) is 0. The molecule has 0 aromatic heterocycles. The SMILES string of the molecule is Oc1cc2c(cc1O)[C@H](Cc1cc(I)c(I)c(I)c1)NCC2. The first-order valence-electron chi connectivity index (χ1n) is 6.87. The first kappa shape index (κ1) is 17.0. The molecule has 3 N–H and O–H groups in total. The van der Waals surface area contributed by atoms with Gasteiger partial charge >= 0.3 is 0 Å². The molecule has 3 rings (SSSR count). The van der Waals surface area contributed by atoms with Gasteiger partial charge < -0.3 is 15.5 Å². The third kappa shape index (κ3) is 3.48. The van der Waals surface area contributed by atoms with E-state index in [0.717, 1.165) is 30.5 Å². The Morgan fingerprint density at radius 2 is 1.64 bits per heavy atom. The summed E-state index contributed by atoms with van der Waals surface area (Å²) in [5, 5.41) is 23.0. The standard InChI is InChI=1S/C16H14I3NO2/c17-11-3-8(4-12(18)16(11)19)5-13-10-7-15(22)14(21)6-9(10)1-2-20-13/h3-4,6-7,13,20-22H,1-2,5H2/t13-/m0/s1. The fraction of sp³-hybridized carbons (Fsp3) is 0.250. The molecule has 6 heteroatoms. The third-order valence-electron chi connectivity index (χ3n) is 3.88. The zero-order valence-electron chi connectivity index (χ0n) is 11.5. The van der Waals surface area contributed by atoms with Crippen LogP contribution in [-0.4, -0.2) is 16.8 Å². The second-order valence-electron chi connectivity index (χ2n) is 5.37. The highest BCUT2D eigenvalue weighted by molar-refractivity contribution is 14.1. The Balaban J connectivity index is 1.94. The second kappa shape index (κ2) is 6.98. The molecule has 2 aromatic carbocycles. The predicted molar refractivity (Wildman–Crippen MR) is 113 cm³/mol. The van der Waals surface area contributed by atoms with Gasteiger partial charge in [0.15, 0.2) is 11.5 Å². The smallest absolute Gasteiger partial charge is 0.157 e. The van der Waals surface area contributed by atoms with Gasteiger partial charge in [-0.1, -0.05) is 0 Å². The molecule has 1 atom stereocenters. The Labute approximate surface area is 170 Å². The Morgan fingerprint density at radius 3 is 2.32 bits per heavy atom. The van der Waals surface area contributed by atoms with E-state index in [0.29, 0.717) is 0 Å². The summed E-state index contributed by atoms with van der Waals surface area (Å²) in [4.78, 5) is 0. The molecule has 0 fully saturated rings. The monoisotopic (exact) mass is 633 g/mol. The van der Waals surface area contributed by atoms with Gasteiger partial charge in [-0.15, -0.1) is 0 Å². The van der Waals surface area contributed by atoms with Crippen LogP contribution >= 0.6 is 67.8 Å². The topological polar surface area (TPSA) is 52.5 Å². The maximum atomic E-state index is 9.80. The maximum absolute atomic E-state index is 9.80. The van der Waals surface area contributed by atoms with Gasteiger partial charge in [0.25, 0.3) is 0 Å². The molecule has 0 bridgehead atoms. The lowest BCUT2D eigenvalue weighted by molar-refractivity contribution is 0.398. The molecule has 1 heterocycles. The lowest BCUT2D eigenvalue weighted by atomic mass is 9.90. The molecule has 3 nitrogen and oxygen atoms in total. The maximum Gasteiger partial charge on any atom is 0.157 e. The van der Waals surface area contributed by atoms with Crippen molar-refractivity contribution >= 4 is 67.8 Å². The van der Waals surface area contributed by atoms with Gasteiger partial charge in [-0.05, 0) is 128 Å². The minimum Gasteiger partial charge on any atom is -0.504 e. The van der Waals surface area contributed by atoms with Gasteiger partial charge in [-0.3, -0.25) is 0 Å². The predicted octanol–water partition coefficient (Wildman–Crippen LogP) is 4.34. The Bertz CT molecular complexity index is 711. The van der Waals surface area contributed by atoms with Crippen molar-refractivity contribution in [3.63, 3.8) is 0 Å². The van der Waals surface area contributed by atoms with E-state index in [-0.39, 0.29) is 17.5 Å². The normalized spacial score (nSPS) is 17.3. The van der Waals surface area contributed by atoms with Gasteiger partial charge in [0.2, 0.25) is 0 Å². The summed E-state index contributed by atoms with van der Waals surface area (Å²) in [5.41, 5.74) is 3.49.